The lowest BCUT2D eigenvalue weighted by Crippen LogP contribution is -2.35. The second-order valence-electron chi connectivity index (χ2n) is 8.40. The van der Waals surface area contributed by atoms with E-state index >= 15 is 0 Å². The molecule has 190 valence electrons. The minimum absolute atomic E-state index is 0.000815. The Kier molecular flexibility index (Phi) is 8.65. The molecular weight excluding hydrogens is 568 g/mol. The summed E-state index contributed by atoms with van der Waals surface area (Å²) in [6.07, 6.45) is 5.67. The molecule has 8 nitrogen and oxygen atoms in total. The molecule has 4 N–H and O–H groups in total. The van der Waals surface area contributed by atoms with E-state index in [0.717, 1.165) is 40.3 Å². The van der Waals surface area contributed by atoms with Gasteiger partial charge in [0.05, 0.1) is 14.2 Å². The van der Waals surface area contributed by atoms with Crippen LogP contribution in [-0.4, -0.2) is 40.7 Å². The van der Waals surface area contributed by atoms with Gasteiger partial charge in [-0.15, -0.1) is 22.7 Å². The number of anilines is 1. The fourth-order valence-electron chi connectivity index (χ4n) is 4.04. The summed E-state index contributed by atoms with van der Waals surface area (Å²) < 4.78 is 5.63. The summed E-state index contributed by atoms with van der Waals surface area (Å²) in [5.74, 6) is -2.40. The molecule has 2 aromatic heterocycles. The fourth-order valence-corrected chi connectivity index (χ4v) is 6.78. The highest BCUT2D eigenvalue weighted by Gasteiger charge is 2.24. The van der Waals surface area contributed by atoms with Crippen LogP contribution in [0.2, 0.25) is 0 Å². The van der Waals surface area contributed by atoms with Crippen LogP contribution >= 0.6 is 38.6 Å². The minimum Gasteiger partial charge on any atom is -0.479 e. The third kappa shape index (κ3) is 6.45. The van der Waals surface area contributed by atoms with Crippen LogP contribution in [0.15, 0.2) is 40.9 Å². The molecule has 0 aliphatic heterocycles. The van der Waals surface area contributed by atoms with Gasteiger partial charge in [0.1, 0.15) is 0 Å². The zero-order valence-electron chi connectivity index (χ0n) is 19.2. The van der Waals surface area contributed by atoms with Crippen molar-refractivity contribution in [3.8, 4) is 16.2 Å². The smallest absolute Gasteiger partial charge is 0.349 e. The lowest BCUT2D eigenvalue weighted by Gasteiger charge is -2.22. The van der Waals surface area contributed by atoms with E-state index in [-0.39, 0.29) is 22.6 Å². The molecule has 1 amide bonds. The summed E-state index contributed by atoms with van der Waals surface area (Å²) in [4.78, 5) is 37.4. The molecule has 0 atom stereocenters. The van der Waals surface area contributed by atoms with Gasteiger partial charge in [-0.1, -0.05) is 31.4 Å². The van der Waals surface area contributed by atoms with E-state index in [1.807, 2.05) is 36.4 Å². The number of hydrogen-bond acceptors (Lipinski definition) is 7. The number of halogens is 1. The highest BCUT2D eigenvalue weighted by Crippen LogP contribution is 2.46. The quantitative estimate of drug-likeness (QED) is 0.225. The molecular formula is C25H25BrN2O6S2. The fraction of sp³-hybridized carbons (Fsp3) is 0.320. The summed E-state index contributed by atoms with van der Waals surface area (Å²) >= 11 is 5.85. The van der Waals surface area contributed by atoms with Crippen LogP contribution in [-0.2, 0) is 11.3 Å². The molecule has 0 spiro atoms. The van der Waals surface area contributed by atoms with Crippen molar-refractivity contribution < 1.29 is 29.3 Å². The first-order valence-corrected chi connectivity index (χ1v) is 13.9. The second kappa shape index (κ2) is 11.9. The average Bonchev–Trinajstić information content (AvgIpc) is 3.47. The van der Waals surface area contributed by atoms with Crippen LogP contribution < -0.4 is 15.4 Å². The Bertz CT molecular complexity index is 1270. The lowest BCUT2D eigenvalue weighted by atomic mass is 9.95. The standard InChI is InChI=1S/C25H25BrN2O6S2/c26-20-21(34-13-19(29)30)23(25(32)33)36-22(20)14-5-4-8-16(11-14)27-12-17-9-10-18(35-17)24(31)28-15-6-2-1-3-7-15/h4-5,8-11,15,27H,1-3,6-7,12-13H2,(H,28,31)(H,29,30)(H,32,33). The lowest BCUT2D eigenvalue weighted by molar-refractivity contribution is -0.139. The summed E-state index contributed by atoms with van der Waals surface area (Å²) in [6, 6.07) is 11.5. The number of nitrogens with one attached hydrogen (secondary N) is 2. The Morgan fingerprint density at radius 2 is 1.83 bits per heavy atom. The predicted molar refractivity (Wildman–Crippen MR) is 144 cm³/mol. The third-order valence-corrected chi connectivity index (χ3v) is 9.07. The molecule has 36 heavy (non-hydrogen) atoms. The van der Waals surface area contributed by atoms with Crippen molar-refractivity contribution in [2.75, 3.05) is 11.9 Å². The Morgan fingerprint density at radius 3 is 2.56 bits per heavy atom. The number of carbonyl (C=O) groups is 3. The van der Waals surface area contributed by atoms with E-state index < -0.39 is 18.5 Å². The van der Waals surface area contributed by atoms with Gasteiger partial charge in [0.15, 0.2) is 17.2 Å². The van der Waals surface area contributed by atoms with Crippen LogP contribution in [0.3, 0.4) is 0 Å². The van der Waals surface area contributed by atoms with Crippen LogP contribution in [0.25, 0.3) is 10.4 Å². The largest absolute Gasteiger partial charge is 0.479 e. The molecule has 0 unspecified atom stereocenters. The Balaban J connectivity index is 1.43. The molecule has 2 heterocycles. The normalized spacial score (nSPS) is 13.8. The van der Waals surface area contributed by atoms with Gasteiger partial charge in [0, 0.05) is 23.2 Å². The number of ether oxygens (including phenoxy) is 1. The molecule has 0 bridgehead atoms. The maximum atomic E-state index is 12.6. The molecule has 4 rings (SSSR count). The predicted octanol–water partition coefficient (Wildman–Crippen LogP) is 6.08. The van der Waals surface area contributed by atoms with Crippen molar-refractivity contribution in [3.05, 3.63) is 55.5 Å². The summed E-state index contributed by atoms with van der Waals surface area (Å²) in [5, 5.41) is 24.9. The molecule has 1 fully saturated rings. The van der Waals surface area contributed by atoms with Crippen molar-refractivity contribution in [3.63, 3.8) is 0 Å². The van der Waals surface area contributed by atoms with Crippen molar-refractivity contribution in [1.82, 2.24) is 5.32 Å². The van der Waals surface area contributed by atoms with E-state index in [4.69, 9.17) is 9.84 Å². The first-order chi connectivity index (χ1) is 17.3. The first-order valence-electron chi connectivity index (χ1n) is 11.5. The SMILES string of the molecule is O=C(O)COc1c(C(=O)O)sc(-c2cccc(NCc3ccc(C(=O)NC4CCCCC4)s3)c2)c1Br. The number of rotatable bonds is 10. The molecule has 11 heteroatoms. The number of carbonyl (C=O) groups excluding carboxylic acids is 1. The van der Waals surface area contributed by atoms with Gasteiger partial charge in [0.2, 0.25) is 0 Å². The Labute approximate surface area is 224 Å². The summed E-state index contributed by atoms with van der Waals surface area (Å²) in [6.45, 7) is -0.109. The van der Waals surface area contributed by atoms with E-state index in [0.29, 0.717) is 20.8 Å². The molecule has 1 saturated carbocycles. The van der Waals surface area contributed by atoms with E-state index in [2.05, 4.69) is 26.6 Å². The molecule has 0 saturated heterocycles. The molecule has 1 aliphatic carbocycles. The first kappa shape index (κ1) is 26.2. The van der Waals surface area contributed by atoms with Crippen LogP contribution in [0, 0.1) is 0 Å². The highest BCUT2D eigenvalue weighted by atomic mass is 79.9. The number of carboxylic acids is 2. The van der Waals surface area contributed by atoms with Gasteiger partial charge in [0.25, 0.3) is 5.91 Å². The van der Waals surface area contributed by atoms with E-state index in [9.17, 15) is 19.5 Å². The third-order valence-electron chi connectivity index (χ3n) is 5.76. The van der Waals surface area contributed by atoms with Crippen LogP contribution in [0.1, 0.15) is 56.3 Å². The number of aliphatic carboxylic acids is 1. The number of carboxylic acid groups (broad SMARTS) is 2. The summed E-state index contributed by atoms with van der Waals surface area (Å²) in [7, 11) is 0. The van der Waals surface area contributed by atoms with Gasteiger partial charge in [-0.3, -0.25) is 4.79 Å². The Morgan fingerprint density at radius 1 is 1.06 bits per heavy atom. The second-order valence-corrected chi connectivity index (χ2v) is 11.4. The van der Waals surface area contributed by atoms with Gasteiger partial charge in [-0.25, -0.2) is 9.59 Å². The molecule has 3 aromatic rings. The average molecular weight is 594 g/mol. The topological polar surface area (TPSA) is 125 Å². The number of amides is 1. The van der Waals surface area contributed by atoms with Crippen LogP contribution in [0.5, 0.6) is 5.75 Å². The van der Waals surface area contributed by atoms with Crippen LogP contribution in [0.4, 0.5) is 5.69 Å². The zero-order valence-corrected chi connectivity index (χ0v) is 22.4. The highest BCUT2D eigenvalue weighted by molar-refractivity contribution is 9.10. The number of hydrogen-bond donors (Lipinski definition) is 4. The van der Waals surface area contributed by atoms with Crippen molar-refractivity contribution in [1.29, 1.82) is 0 Å². The van der Waals surface area contributed by atoms with Gasteiger partial charge in [-0.05, 0) is 58.6 Å². The van der Waals surface area contributed by atoms with Gasteiger partial charge >= 0.3 is 11.9 Å². The maximum absolute atomic E-state index is 12.6. The number of benzene rings is 1. The zero-order chi connectivity index (χ0) is 25.7. The van der Waals surface area contributed by atoms with Gasteiger partial charge in [-0.2, -0.15) is 0 Å². The maximum Gasteiger partial charge on any atom is 0.349 e. The van der Waals surface area contributed by atoms with Crippen molar-refractivity contribution in [2.45, 2.75) is 44.7 Å². The number of aromatic carboxylic acids is 1. The van der Waals surface area contributed by atoms with Crippen molar-refractivity contribution >= 4 is 62.1 Å². The van der Waals surface area contributed by atoms with Gasteiger partial charge < -0.3 is 25.6 Å². The molecule has 1 aromatic carbocycles. The van der Waals surface area contributed by atoms with E-state index in [1.165, 1.54) is 30.6 Å². The molecule has 1 aliphatic rings. The minimum atomic E-state index is -1.19. The molecule has 0 radical (unpaired) electrons. The number of thiophene rings is 2. The Hall–Kier alpha value is -2.89. The van der Waals surface area contributed by atoms with E-state index in [1.54, 1.807) is 0 Å². The summed E-state index contributed by atoms with van der Waals surface area (Å²) in [5.41, 5.74) is 1.57. The monoisotopic (exact) mass is 592 g/mol. The van der Waals surface area contributed by atoms with Crippen molar-refractivity contribution in [2.24, 2.45) is 0 Å².